The highest BCUT2D eigenvalue weighted by Gasteiger charge is 2.17. The van der Waals surface area contributed by atoms with Crippen molar-refractivity contribution in [2.24, 2.45) is 0 Å². The molecule has 18 heavy (non-hydrogen) atoms. The van der Waals surface area contributed by atoms with Crippen LogP contribution in [0.25, 0.3) is 11.5 Å². The third-order valence-corrected chi connectivity index (χ3v) is 2.61. The molecule has 2 aromatic rings. The quantitative estimate of drug-likeness (QED) is 0.875. The molecule has 0 spiro atoms. The van der Waals surface area contributed by atoms with Gasteiger partial charge in [0.25, 0.3) is 0 Å². The summed E-state index contributed by atoms with van der Waals surface area (Å²) in [6.07, 6.45) is 2.86. The molecule has 0 radical (unpaired) electrons. The number of aromatic amines is 1. The molecule has 0 bridgehead atoms. The van der Waals surface area contributed by atoms with E-state index in [1.807, 2.05) is 26.2 Å². The van der Waals surface area contributed by atoms with Gasteiger partial charge in [0.1, 0.15) is 11.3 Å². The fourth-order valence-corrected chi connectivity index (χ4v) is 1.92. The van der Waals surface area contributed by atoms with Crippen molar-refractivity contribution in [3.8, 4) is 11.5 Å². The molecule has 0 atom stereocenters. The van der Waals surface area contributed by atoms with E-state index in [1.54, 1.807) is 12.4 Å². The molecule has 6 nitrogen and oxygen atoms in total. The Bertz CT molecular complexity index is 527. The first-order valence-electron chi connectivity index (χ1n) is 5.39. The molecule has 0 unspecified atom stereocenters. The van der Waals surface area contributed by atoms with Crippen molar-refractivity contribution in [2.45, 2.75) is 26.4 Å². The average molecular weight is 266 g/mol. The highest BCUT2D eigenvalue weighted by atomic mass is 32.1. The van der Waals surface area contributed by atoms with E-state index >= 15 is 0 Å². The van der Waals surface area contributed by atoms with Crippen LogP contribution < -0.4 is 5.32 Å². The fraction of sp³-hybridized carbons (Fsp3) is 0.364. The summed E-state index contributed by atoms with van der Waals surface area (Å²) in [4.78, 5) is 22.8. The minimum Gasteiger partial charge on any atom is -0.444 e. The van der Waals surface area contributed by atoms with E-state index in [-0.39, 0.29) is 0 Å². The van der Waals surface area contributed by atoms with Gasteiger partial charge < -0.3 is 9.72 Å². The number of hydrogen-bond acceptors (Lipinski definition) is 5. The zero-order valence-corrected chi connectivity index (χ0v) is 11.2. The molecule has 0 saturated heterocycles. The van der Waals surface area contributed by atoms with Gasteiger partial charge in [0.05, 0.1) is 0 Å². The molecule has 0 aromatic carbocycles. The molecule has 0 aliphatic rings. The maximum atomic E-state index is 11.5. The highest BCUT2D eigenvalue weighted by Crippen LogP contribution is 2.22. The summed E-state index contributed by atoms with van der Waals surface area (Å²) in [7, 11) is 0. The van der Waals surface area contributed by atoms with Crippen LogP contribution in [0, 0.1) is 0 Å². The lowest BCUT2D eigenvalue weighted by atomic mass is 10.2. The van der Waals surface area contributed by atoms with Crippen molar-refractivity contribution >= 4 is 22.6 Å². The molecule has 2 N–H and O–H groups in total. The lowest BCUT2D eigenvalue weighted by molar-refractivity contribution is 0.0636. The number of anilines is 1. The molecule has 0 saturated carbocycles. The summed E-state index contributed by atoms with van der Waals surface area (Å²) < 4.78 is 5.13. The summed E-state index contributed by atoms with van der Waals surface area (Å²) >= 11 is 1.32. The maximum absolute atomic E-state index is 11.5. The van der Waals surface area contributed by atoms with Gasteiger partial charge in [-0.15, -0.1) is 11.3 Å². The molecule has 0 aliphatic carbocycles. The van der Waals surface area contributed by atoms with Crippen LogP contribution in [0.3, 0.4) is 0 Å². The van der Waals surface area contributed by atoms with Crippen LogP contribution in [0.5, 0.6) is 0 Å². The third kappa shape index (κ3) is 3.30. The molecule has 1 amide bonds. The van der Waals surface area contributed by atoms with E-state index in [4.69, 9.17) is 4.74 Å². The van der Waals surface area contributed by atoms with E-state index in [0.717, 1.165) is 0 Å². The van der Waals surface area contributed by atoms with Gasteiger partial charge in [0, 0.05) is 17.8 Å². The number of rotatable bonds is 2. The zero-order chi connectivity index (χ0) is 13.2. The minimum atomic E-state index is -0.523. The number of carbonyl (C=O) groups excluding carboxylic acids is 1. The molecule has 2 heterocycles. The van der Waals surface area contributed by atoms with E-state index in [1.165, 1.54) is 11.3 Å². The Balaban J connectivity index is 2.01. The fourth-order valence-electron chi connectivity index (χ4n) is 1.24. The molecular weight excluding hydrogens is 252 g/mol. The second-order valence-corrected chi connectivity index (χ2v) is 5.46. The van der Waals surface area contributed by atoms with Gasteiger partial charge in [-0.25, -0.2) is 14.8 Å². The predicted octanol–water partition coefficient (Wildman–Crippen LogP) is 2.88. The number of H-pyrrole nitrogens is 1. The zero-order valence-electron chi connectivity index (χ0n) is 10.4. The van der Waals surface area contributed by atoms with E-state index < -0.39 is 11.7 Å². The smallest absolute Gasteiger partial charge is 0.413 e. The topological polar surface area (TPSA) is 79.9 Å². The molecule has 2 aromatic heterocycles. The van der Waals surface area contributed by atoms with E-state index in [2.05, 4.69) is 20.3 Å². The van der Waals surface area contributed by atoms with Crippen molar-refractivity contribution in [1.29, 1.82) is 0 Å². The van der Waals surface area contributed by atoms with Crippen molar-refractivity contribution in [1.82, 2.24) is 15.0 Å². The van der Waals surface area contributed by atoms with Gasteiger partial charge in [-0.2, -0.15) is 0 Å². The number of amides is 1. The first-order valence-corrected chi connectivity index (χ1v) is 6.27. The second kappa shape index (κ2) is 4.77. The largest absolute Gasteiger partial charge is 0.444 e. The lowest BCUT2D eigenvalue weighted by Gasteiger charge is -2.18. The van der Waals surface area contributed by atoms with Crippen LogP contribution in [0.15, 0.2) is 17.8 Å². The number of imidazole rings is 1. The lowest BCUT2D eigenvalue weighted by Crippen LogP contribution is -2.27. The number of aromatic nitrogens is 3. The summed E-state index contributed by atoms with van der Waals surface area (Å²) in [5.41, 5.74) is 0.168. The number of thiazole rings is 1. The third-order valence-electron chi connectivity index (χ3n) is 1.85. The first-order chi connectivity index (χ1) is 8.44. The Hall–Kier alpha value is -1.89. The van der Waals surface area contributed by atoms with E-state index in [0.29, 0.717) is 16.6 Å². The molecule has 2 rings (SSSR count). The number of nitrogens with zero attached hydrogens (tertiary/aromatic N) is 2. The monoisotopic (exact) mass is 266 g/mol. The highest BCUT2D eigenvalue weighted by molar-refractivity contribution is 7.14. The standard InChI is InChI=1S/C11H14N4O2S/c1-11(2,3)17-10(16)15-9-14-7(6-18-9)8-12-4-5-13-8/h4-6H,1-3H3,(H,12,13)(H,14,15,16). The van der Waals surface area contributed by atoms with Crippen molar-refractivity contribution in [2.75, 3.05) is 5.32 Å². The van der Waals surface area contributed by atoms with Crippen molar-refractivity contribution in [3.05, 3.63) is 17.8 Å². The van der Waals surface area contributed by atoms with Gasteiger partial charge in [0.2, 0.25) is 0 Å². The number of carbonyl (C=O) groups is 1. The summed E-state index contributed by atoms with van der Waals surface area (Å²) in [5.74, 6) is 0.670. The number of ether oxygens (including phenoxy) is 1. The molecule has 0 aliphatic heterocycles. The van der Waals surface area contributed by atoms with Crippen molar-refractivity contribution in [3.63, 3.8) is 0 Å². The summed E-state index contributed by atoms with van der Waals surface area (Å²) in [6, 6.07) is 0. The van der Waals surface area contributed by atoms with Gasteiger partial charge in [-0.1, -0.05) is 0 Å². The van der Waals surface area contributed by atoms with Gasteiger partial charge in [0.15, 0.2) is 11.0 Å². The van der Waals surface area contributed by atoms with Gasteiger partial charge in [-0.3, -0.25) is 5.32 Å². The Morgan fingerprint density at radius 2 is 2.28 bits per heavy atom. The molecule has 96 valence electrons. The SMILES string of the molecule is CC(C)(C)OC(=O)Nc1nc(-c2ncc[nH]2)cs1. The Morgan fingerprint density at radius 1 is 1.50 bits per heavy atom. The predicted molar refractivity (Wildman–Crippen MR) is 69.6 cm³/mol. The Kier molecular flexibility index (Phi) is 3.33. The van der Waals surface area contributed by atoms with Crippen LogP contribution in [0.4, 0.5) is 9.93 Å². The summed E-state index contributed by atoms with van der Waals surface area (Å²) in [5, 5.41) is 4.88. The summed E-state index contributed by atoms with van der Waals surface area (Å²) in [6.45, 7) is 5.42. The minimum absolute atomic E-state index is 0.482. The number of hydrogen-bond donors (Lipinski definition) is 2. The second-order valence-electron chi connectivity index (χ2n) is 4.60. The van der Waals surface area contributed by atoms with Gasteiger partial charge >= 0.3 is 6.09 Å². The first kappa shape index (κ1) is 12.6. The molecule has 7 heteroatoms. The Morgan fingerprint density at radius 3 is 2.89 bits per heavy atom. The molecular formula is C11H14N4O2S. The normalized spacial score (nSPS) is 11.3. The molecule has 0 fully saturated rings. The van der Waals surface area contributed by atoms with Crippen molar-refractivity contribution < 1.29 is 9.53 Å². The average Bonchev–Trinajstić information content (AvgIpc) is 2.82. The van der Waals surface area contributed by atoms with Gasteiger partial charge in [-0.05, 0) is 20.8 Å². The maximum Gasteiger partial charge on any atom is 0.413 e. The number of nitrogens with one attached hydrogen (secondary N) is 2. The Labute approximate surface area is 108 Å². The van der Waals surface area contributed by atoms with Crippen LogP contribution in [0.2, 0.25) is 0 Å². The van der Waals surface area contributed by atoms with Crippen LogP contribution in [0.1, 0.15) is 20.8 Å². The van der Waals surface area contributed by atoms with E-state index in [9.17, 15) is 4.79 Å². The van der Waals surface area contributed by atoms with Crippen LogP contribution in [-0.2, 0) is 4.74 Å². The van der Waals surface area contributed by atoms with Crippen LogP contribution in [-0.4, -0.2) is 26.6 Å². The van der Waals surface area contributed by atoms with Crippen LogP contribution >= 0.6 is 11.3 Å².